The number of carboxylic acid groups (broad SMARTS) is 1. The molecule has 0 amide bonds. The average molecular weight is 268 g/mol. The van der Waals surface area contributed by atoms with E-state index >= 15 is 0 Å². The summed E-state index contributed by atoms with van der Waals surface area (Å²) in [6, 6.07) is 5.66. The SMILES string of the molecule is O=C([O-])c1ccc(N[C@@H]2OC[C@@H](O)[C@H](O)[C@H]2O)cc1. The Morgan fingerprint density at radius 3 is 2.42 bits per heavy atom. The number of nitrogens with one attached hydrogen (secondary N) is 1. The highest BCUT2D eigenvalue weighted by molar-refractivity contribution is 5.86. The molecule has 1 fully saturated rings. The Morgan fingerprint density at radius 1 is 1.21 bits per heavy atom. The number of benzene rings is 1. The molecule has 0 aromatic heterocycles. The Hall–Kier alpha value is -1.67. The van der Waals surface area contributed by atoms with Gasteiger partial charge in [-0.15, -0.1) is 0 Å². The van der Waals surface area contributed by atoms with Gasteiger partial charge in [-0.2, -0.15) is 0 Å². The molecule has 104 valence electrons. The largest absolute Gasteiger partial charge is 0.545 e. The third-order valence-corrected chi connectivity index (χ3v) is 2.93. The van der Waals surface area contributed by atoms with E-state index in [4.69, 9.17) is 4.74 Å². The van der Waals surface area contributed by atoms with Crippen LogP contribution in [-0.2, 0) is 4.74 Å². The molecule has 7 nitrogen and oxygen atoms in total. The minimum Gasteiger partial charge on any atom is -0.545 e. The number of aliphatic hydroxyl groups is 3. The molecule has 0 bridgehead atoms. The number of rotatable bonds is 3. The van der Waals surface area contributed by atoms with Crippen molar-refractivity contribution >= 4 is 11.7 Å². The maximum absolute atomic E-state index is 10.6. The smallest absolute Gasteiger partial charge is 0.156 e. The Morgan fingerprint density at radius 2 is 1.84 bits per heavy atom. The summed E-state index contributed by atoms with van der Waals surface area (Å²) in [5.74, 6) is -1.28. The molecule has 4 atom stereocenters. The Labute approximate surface area is 109 Å². The van der Waals surface area contributed by atoms with Crippen molar-refractivity contribution < 1.29 is 30.0 Å². The summed E-state index contributed by atoms with van der Waals surface area (Å²) in [6.07, 6.45) is -4.60. The van der Waals surface area contributed by atoms with Gasteiger partial charge < -0.3 is 35.3 Å². The van der Waals surface area contributed by atoms with E-state index in [0.717, 1.165) is 0 Å². The van der Waals surface area contributed by atoms with Crippen LogP contribution >= 0.6 is 0 Å². The van der Waals surface area contributed by atoms with Crippen LogP contribution in [0.3, 0.4) is 0 Å². The fraction of sp³-hybridized carbons (Fsp3) is 0.417. The van der Waals surface area contributed by atoms with E-state index in [9.17, 15) is 25.2 Å². The van der Waals surface area contributed by atoms with Crippen LogP contribution in [0, 0.1) is 0 Å². The first-order valence-corrected chi connectivity index (χ1v) is 5.73. The van der Waals surface area contributed by atoms with Crippen molar-refractivity contribution in [2.75, 3.05) is 11.9 Å². The zero-order valence-electron chi connectivity index (χ0n) is 9.89. The molecule has 0 radical (unpaired) electrons. The summed E-state index contributed by atoms with van der Waals surface area (Å²) >= 11 is 0. The zero-order chi connectivity index (χ0) is 14.0. The van der Waals surface area contributed by atoms with Crippen molar-refractivity contribution in [2.24, 2.45) is 0 Å². The van der Waals surface area contributed by atoms with Gasteiger partial charge in [0, 0.05) is 5.69 Å². The lowest BCUT2D eigenvalue weighted by atomic mass is 10.0. The number of hydrogen-bond donors (Lipinski definition) is 4. The van der Waals surface area contributed by atoms with Crippen LogP contribution in [0.5, 0.6) is 0 Å². The zero-order valence-corrected chi connectivity index (χ0v) is 9.89. The van der Waals surface area contributed by atoms with Crippen molar-refractivity contribution in [1.29, 1.82) is 0 Å². The number of carboxylic acids is 1. The average Bonchev–Trinajstić information content (AvgIpc) is 2.40. The van der Waals surface area contributed by atoms with Crippen LogP contribution in [0.1, 0.15) is 10.4 Å². The van der Waals surface area contributed by atoms with Crippen molar-refractivity contribution in [3.05, 3.63) is 29.8 Å². The van der Waals surface area contributed by atoms with Crippen molar-refractivity contribution in [3.63, 3.8) is 0 Å². The monoisotopic (exact) mass is 268 g/mol. The van der Waals surface area contributed by atoms with Crippen molar-refractivity contribution in [1.82, 2.24) is 0 Å². The summed E-state index contributed by atoms with van der Waals surface area (Å²) in [7, 11) is 0. The van der Waals surface area contributed by atoms with E-state index in [0.29, 0.717) is 5.69 Å². The van der Waals surface area contributed by atoms with Crippen LogP contribution in [-0.4, -0.2) is 52.4 Å². The predicted octanol–water partition coefficient (Wildman–Crippen LogP) is -2.10. The van der Waals surface area contributed by atoms with Gasteiger partial charge in [-0.3, -0.25) is 0 Å². The number of anilines is 1. The Balaban J connectivity index is 2.03. The number of ether oxygens (including phenoxy) is 1. The lowest BCUT2D eigenvalue weighted by molar-refractivity contribution is -0.255. The standard InChI is InChI=1S/C12H15NO6/c14-8-5-19-11(10(16)9(8)15)13-7-3-1-6(2-4-7)12(17)18/h1-4,8-11,13-16H,5H2,(H,17,18)/p-1/t8-,9+,10-,11-/m1/s1. The van der Waals surface area contributed by atoms with Gasteiger partial charge in [-0.1, -0.05) is 12.1 Å². The minimum atomic E-state index is -1.30. The first kappa shape index (κ1) is 13.8. The van der Waals surface area contributed by atoms with E-state index in [1.54, 1.807) is 0 Å². The van der Waals surface area contributed by atoms with Gasteiger partial charge in [0.1, 0.15) is 18.3 Å². The quantitative estimate of drug-likeness (QED) is 0.495. The number of aliphatic hydroxyl groups excluding tert-OH is 3. The van der Waals surface area contributed by atoms with Gasteiger partial charge >= 0.3 is 0 Å². The molecule has 1 aromatic rings. The highest BCUT2D eigenvalue weighted by Crippen LogP contribution is 2.18. The minimum absolute atomic E-state index is 0.0334. The van der Waals surface area contributed by atoms with Gasteiger partial charge in [0.2, 0.25) is 0 Å². The topological polar surface area (TPSA) is 122 Å². The summed E-state index contributed by atoms with van der Waals surface area (Å²) in [6.45, 7) is -0.104. The number of hydrogen-bond acceptors (Lipinski definition) is 7. The van der Waals surface area contributed by atoms with Crippen molar-refractivity contribution in [3.8, 4) is 0 Å². The molecular weight excluding hydrogens is 254 g/mol. The molecule has 2 rings (SSSR count). The fourth-order valence-corrected chi connectivity index (χ4v) is 1.80. The number of aromatic carboxylic acids is 1. The second kappa shape index (κ2) is 5.54. The van der Waals surface area contributed by atoms with Gasteiger partial charge in [0.05, 0.1) is 12.6 Å². The molecule has 0 saturated carbocycles. The normalized spacial score (nSPS) is 30.9. The van der Waals surface area contributed by atoms with Gasteiger partial charge in [-0.25, -0.2) is 0 Å². The molecule has 7 heteroatoms. The second-order valence-corrected chi connectivity index (χ2v) is 4.31. The van der Waals surface area contributed by atoms with E-state index in [-0.39, 0.29) is 12.2 Å². The van der Waals surface area contributed by atoms with Crippen LogP contribution in [0.15, 0.2) is 24.3 Å². The lowest BCUT2D eigenvalue weighted by Gasteiger charge is -2.35. The fourth-order valence-electron chi connectivity index (χ4n) is 1.80. The maximum Gasteiger partial charge on any atom is 0.156 e. The number of carbonyl (C=O) groups is 1. The summed E-state index contributed by atoms with van der Waals surface area (Å²) < 4.78 is 5.15. The molecular formula is C12H14NO6-. The first-order valence-electron chi connectivity index (χ1n) is 5.73. The van der Waals surface area contributed by atoms with E-state index in [1.165, 1.54) is 24.3 Å². The van der Waals surface area contributed by atoms with E-state index in [1.807, 2.05) is 0 Å². The molecule has 1 aliphatic heterocycles. The van der Waals surface area contributed by atoms with Crippen LogP contribution in [0.2, 0.25) is 0 Å². The molecule has 1 aliphatic rings. The Bertz CT molecular complexity index is 448. The second-order valence-electron chi connectivity index (χ2n) is 4.31. The molecule has 0 spiro atoms. The molecule has 0 aliphatic carbocycles. The van der Waals surface area contributed by atoms with Crippen LogP contribution in [0.4, 0.5) is 5.69 Å². The van der Waals surface area contributed by atoms with Crippen molar-refractivity contribution in [2.45, 2.75) is 24.5 Å². The van der Waals surface area contributed by atoms with Gasteiger partial charge in [0.25, 0.3) is 0 Å². The van der Waals surface area contributed by atoms with Crippen LogP contribution < -0.4 is 10.4 Å². The third-order valence-electron chi connectivity index (χ3n) is 2.93. The summed E-state index contributed by atoms with van der Waals surface area (Å²) in [5.41, 5.74) is 0.545. The van der Waals surface area contributed by atoms with E-state index < -0.39 is 30.5 Å². The maximum atomic E-state index is 10.6. The summed E-state index contributed by atoms with van der Waals surface area (Å²) in [4.78, 5) is 10.6. The first-order chi connectivity index (χ1) is 8.99. The van der Waals surface area contributed by atoms with Gasteiger partial charge in [0.15, 0.2) is 6.23 Å². The molecule has 0 unspecified atom stereocenters. The van der Waals surface area contributed by atoms with Crippen LogP contribution in [0.25, 0.3) is 0 Å². The molecule has 1 aromatic carbocycles. The lowest BCUT2D eigenvalue weighted by Crippen LogP contribution is -2.55. The Kier molecular flexibility index (Phi) is 4.01. The molecule has 19 heavy (non-hydrogen) atoms. The highest BCUT2D eigenvalue weighted by Gasteiger charge is 2.37. The molecule has 1 heterocycles. The molecule has 4 N–H and O–H groups in total. The molecule has 1 saturated heterocycles. The third kappa shape index (κ3) is 3.02. The summed E-state index contributed by atoms with van der Waals surface area (Å²) in [5, 5.41) is 41.9. The van der Waals surface area contributed by atoms with E-state index in [2.05, 4.69) is 5.32 Å². The highest BCUT2D eigenvalue weighted by atomic mass is 16.5. The predicted molar refractivity (Wildman–Crippen MR) is 62.2 cm³/mol. The number of carbonyl (C=O) groups excluding carboxylic acids is 1. The van der Waals surface area contributed by atoms with Gasteiger partial charge in [-0.05, 0) is 17.7 Å².